The zero-order valence-corrected chi connectivity index (χ0v) is 14.1. The van der Waals surface area contributed by atoms with Crippen molar-refractivity contribution >= 4 is 21.9 Å². The zero-order valence-electron chi connectivity index (χ0n) is 14.1. The van der Waals surface area contributed by atoms with Crippen LogP contribution in [0.3, 0.4) is 0 Å². The average molecular weight is 342 g/mol. The molecule has 0 aliphatic rings. The van der Waals surface area contributed by atoms with Gasteiger partial charge in [-0.05, 0) is 20.3 Å². The Balaban J connectivity index is 2.51. The van der Waals surface area contributed by atoms with Gasteiger partial charge in [-0.1, -0.05) is 11.6 Å². The van der Waals surface area contributed by atoms with E-state index < -0.39 is 5.43 Å². The van der Waals surface area contributed by atoms with Gasteiger partial charge in [0.05, 0.1) is 12.5 Å². The largest absolute Gasteiger partial charge is 0.508 e. The quantitative estimate of drug-likeness (QED) is 0.497. The Morgan fingerprint density at radius 1 is 1.08 bits per heavy atom. The summed E-state index contributed by atoms with van der Waals surface area (Å²) in [4.78, 5) is 13.0. The number of methoxy groups -OCH3 is 1. The minimum Gasteiger partial charge on any atom is -0.508 e. The monoisotopic (exact) mass is 342 g/mol. The van der Waals surface area contributed by atoms with Crippen molar-refractivity contribution in [2.75, 3.05) is 7.11 Å². The number of allylic oxidation sites excluding steroid dienone is 2. The lowest BCUT2D eigenvalue weighted by molar-refractivity contribution is 0.370. The third-order valence-electron chi connectivity index (χ3n) is 3.98. The summed E-state index contributed by atoms with van der Waals surface area (Å²) in [6.07, 6.45) is 2.25. The smallest absolute Gasteiger partial charge is 0.204 e. The molecule has 3 N–H and O–H groups in total. The van der Waals surface area contributed by atoms with Crippen molar-refractivity contribution in [3.8, 4) is 23.0 Å². The summed E-state index contributed by atoms with van der Waals surface area (Å²) in [5.41, 5.74) is 1.24. The molecular weight excluding hydrogens is 324 g/mol. The van der Waals surface area contributed by atoms with Crippen LogP contribution in [0.5, 0.6) is 23.0 Å². The molecule has 0 bridgehead atoms. The van der Waals surface area contributed by atoms with Gasteiger partial charge in [0.1, 0.15) is 28.1 Å². The zero-order chi connectivity index (χ0) is 18.3. The molecule has 0 atom stereocenters. The van der Waals surface area contributed by atoms with Crippen molar-refractivity contribution in [2.45, 2.75) is 20.3 Å². The number of hydrogen-bond donors (Lipinski definition) is 3. The summed E-state index contributed by atoms with van der Waals surface area (Å²) in [5, 5.41) is 30.1. The molecule has 0 fully saturated rings. The number of phenols is 3. The summed E-state index contributed by atoms with van der Waals surface area (Å²) in [6, 6.07) is 3.62. The van der Waals surface area contributed by atoms with E-state index in [0.29, 0.717) is 12.0 Å². The number of benzene rings is 2. The molecule has 6 nitrogen and oxygen atoms in total. The van der Waals surface area contributed by atoms with E-state index in [0.717, 1.165) is 11.6 Å². The third kappa shape index (κ3) is 2.76. The van der Waals surface area contributed by atoms with Gasteiger partial charge in [0.25, 0.3) is 0 Å². The third-order valence-corrected chi connectivity index (χ3v) is 3.98. The van der Waals surface area contributed by atoms with Crippen molar-refractivity contribution < 1.29 is 24.5 Å². The van der Waals surface area contributed by atoms with Crippen LogP contribution in [0.4, 0.5) is 0 Å². The number of aromatic hydroxyl groups is 3. The Bertz CT molecular complexity index is 1070. The molecule has 0 saturated carbocycles. The van der Waals surface area contributed by atoms with E-state index in [1.54, 1.807) is 0 Å². The predicted molar refractivity (Wildman–Crippen MR) is 94.7 cm³/mol. The van der Waals surface area contributed by atoms with E-state index in [2.05, 4.69) is 0 Å². The molecule has 0 unspecified atom stereocenters. The number of phenolic OH excluding ortho intramolecular Hbond substituents is 3. The van der Waals surface area contributed by atoms with E-state index in [1.807, 2.05) is 19.9 Å². The fourth-order valence-electron chi connectivity index (χ4n) is 2.88. The Labute approximate surface area is 143 Å². The Morgan fingerprint density at radius 3 is 2.40 bits per heavy atom. The second-order valence-electron chi connectivity index (χ2n) is 6.04. The van der Waals surface area contributed by atoms with Gasteiger partial charge in [0, 0.05) is 23.8 Å². The molecule has 25 heavy (non-hydrogen) atoms. The summed E-state index contributed by atoms with van der Waals surface area (Å²) in [6.45, 7) is 3.84. The van der Waals surface area contributed by atoms with E-state index in [4.69, 9.17) is 9.15 Å². The van der Waals surface area contributed by atoms with Gasteiger partial charge in [-0.2, -0.15) is 0 Å². The fraction of sp³-hybridized carbons (Fsp3) is 0.211. The SMILES string of the molecule is COc1c(O)cc2oc3cc(O)cc(O)c3c(=O)c2c1CC=C(C)C. The molecule has 0 amide bonds. The lowest BCUT2D eigenvalue weighted by atomic mass is 10.0. The summed E-state index contributed by atoms with van der Waals surface area (Å²) >= 11 is 0. The van der Waals surface area contributed by atoms with Crippen molar-refractivity contribution in [1.29, 1.82) is 0 Å². The van der Waals surface area contributed by atoms with Crippen LogP contribution in [-0.2, 0) is 6.42 Å². The number of hydrogen-bond acceptors (Lipinski definition) is 6. The number of rotatable bonds is 3. The van der Waals surface area contributed by atoms with E-state index in [9.17, 15) is 20.1 Å². The second-order valence-corrected chi connectivity index (χ2v) is 6.04. The molecule has 0 aliphatic carbocycles. The van der Waals surface area contributed by atoms with Gasteiger partial charge in [-0.3, -0.25) is 4.79 Å². The molecule has 0 spiro atoms. The van der Waals surface area contributed by atoms with E-state index in [-0.39, 0.29) is 44.9 Å². The molecular formula is C19H18O6. The highest BCUT2D eigenvalue weighted by atomic mass is 16.5. The maximum atomic E-state index is 13.0. The molecule has 3 rings (SSSR count). The molecule has 1 aromatic heterocycles. The van der Waals surface area contributed by atoms with Gasteiger partial charge in [-0.15, -0.1) is 0 Å². The van der Waals surface area contributed by atoms with Gasteiger partial charge in [0.2, 0.25) is 5.43 Å². The van der Waals surface area contributed by atoms with Gasteiger partial charge in [-0.25, -0.2) is 0 Å². The first-order valence-electron chi connectivity index (χ1n) is 7.68. The summed E-state index contributed by atoms with van der Waals surface area (Å²) in [7, 11) is 1.41. The van der Waals surface area contributed by atoms with Crippen LogP contribution >= 0.6 is 0 Å². The van der Waals surface area contributed by atoms with E-state index >= 15 is 0 Å². The topological polar surface area (TPSA) is 100 Å². The Hall–Kier alpha value is -3.15. The first-order chi connectivity index (χ1) is 11.8. The first-order valence-corrected chi connectivity index (χ1v) is 7.68. The molecule has 0 radical (unpaired) electrons. The van der Waals surface area contributed by atoms with Gasteiger partial charge in [0.15, 0.2) is 11.5 Å². The lowest BCUT2D eigenvalue weighted by Gasteiger charge is -2.13. The van der Waals surface area contributed by atoms with Gasteiger partial charge >= 0.3 is 0 Å². The highest BCUT2D eigenvalue weighted by Gasteiger charge is 2.20. The maximum absolute atomic E-state index is 13.0. The average Bonchev–Trinajstić information content (AvgIpc) is 2.51. The first kappa shape index (κ1) is 16.7. The fourth-order valence-corrected chi connectivity index (χ4v) is 2.88. The van der Waals surface area contributed by atoms with Crippen LogP contribution < -0.4 is 10.2 Å². The molecule has 1 heterocycles. The van der Waals surface area contributed by atoms with Crippen molar-refractivity contribution in [1.82, 2.24) is 0 Å². The molecule has 130 valence electrons. The maximum Gasteiger partial charge on any atom is 0.204 e. The van der Waals surface area contributed by atoms with Crippen molar-refractivity contribution in [3.63, 3.8) is 0 Å². The van der Waals surface area contributed by atoms with Crippen LogP contribution in [0.15, 0.2) is 39.1 Å². The molecule has 3 aromatic rings. The van der Waals surface area contributed by atoms with Crippen LogP contribution in [0.1, 0.15) is 19.4 Å². The molecule has 0 saturated heterocycles. The molecule has 2 aromatic carbocycles. The predicted octanol–water partition coefficient (Wildman–Crippen LogP) is 3.58. The minimum atomic E-state index is -0.454. The minimum absolute atomic E-state index is 0.0310. The van der Waals surface area contributed by atoms with Crippen molar-refractivity contribution in [2.24, 2.45) is 0 Å². The highest BCUT2D eigenvalue weighted by Crippen LogP contribution is 2.38. The van der Waals surface area contributed by atoms with Crippen LogP contribution in [0, 0.1) is 0 Å². The highest BCUT2D eigenvalue weighted by molar-refractivity contribution is 5.96. The molecule has 6 heteroatoms. The number of fused-ring (bicyclic) bond motifs is 2. The second kappa shape index (κ2) is 6.05. The van der Waals surface area contributed by atoms with Crippen LogP contribution in [-0.4, -0.2) is 22.4 Å². The van der Waals surface area contributed by atoms with Gasteiger partial charge < -0.3 is 24.5 Å². The molecule has 0 aliphatic heterocycles. The Morgan fingerprint density at radius 2 is 1.76 bits per heavy atom. The normalized spacial score (nSPS) is 11.0. The Kier molecular flexibility index (Phi) is 4.04. The number of ether oxygens (including phenoxy) is 1. The summed E-state index contributed by atoms with van der Waals surface area (Å²) < 4.78 is 10.9. The van der Waals surface area contributed by atoms with Crippen LogP contribution in [0.2, 0.25) is 0 Å². The lowest BCUT2D eigenvalue weighted by Crippen LogP contribution is -2.07. The van der Waals surface area contributed by atoms with Crippen molar-refractivity contribution in [3.05, 3.63) is 45.6 Å². The van der Waals surface area contributed by atoms with Crippen LogP contribution in [0.25, 0.3) is 21.9 Å². The van der Waals surface area contributed by atoms with E-state index in [1.165, 1.54) is 19.2 Å². The standard InChI is InChI=1S/C19H18O6/c1-9(2)4-5-11-16-15(8-13(22)19(11)24-3)25-14-7-10(20)6-12(21)17(14)18(16)23/h4,6-8,20-22H,5H2,1-3H3. The summed E-state index contributed by atoms with van der Waals surface area (Å²) in [5.74, 6) is -0.560.